The summed E-state index contributed by atoms with van der Waals surface area (Å²) < 4.78 is 5.45. The summed E-state index contributed by atoms with van der Waals surface area (Å²) in [6, 6.07) is 8.66. The van der Waals surface area contributed by atoms with Crippen molar-refractivity contribution < 1.29 is 9.53 Å². The molecule has 6 heteroatoms. The van der Waals surface area contributed by atoms with Gasteiger partial charge in [-0.05, 0) is 31.5 Å². The zero-order chi connectivity index (χ0) is 15.1. The number of carbonyl (C=O) groups is 1. The highest BCUT2D eigenvalue weighted by atomic mass is 16.5. The number of hydrogen-bond acceptors (Lipinski definition) is 4. The van der Waals surface area contributed by atoms with E-state index in [0.717, 1.165) is 5.56 Å². The van der Waals surface area contributed by atoms with E-state index in [4.69, 9.17) is 4.74 Å². The van der Waals surface area contributed by atoms with Gasteiger partial charge in [-0.25, -0.2) is 14.8 Å². The van der Waals surface area contributed by atoms with Crippen molar-refractivity contribution in [3.05, 3.63) is 48.3 Å². The van der Waals surface area contributed by atoms with Crippen LogP contribution in [0, 0.1) is 0 Å². The van der Waals surface area contributed by atoms with Crippen LogP contribution in [0.4, 0.5) is 10.6 Å². The van der Waals surface area contributed by atoms with Crippen LogP contribution in [0.5, 0.6) is 5.88 Å². The van der Waals surface area contributed by atoms with Gasteiger partial charge in [-0.1, -0.05) is 12.1 Å². The molecule has 0 atom stereocenters. The summed E-state index contributed by atoms with van der Waals surface area (Å²) in [6.07, 6.45) is 3.39. The van der Waals surface area contributed by atoms with E-state index in [1.165, 1.54) is 0 Å². The number of carbonyl (C=O) groups excluding carboxylic acids is 1. The van der Waals surface area contributed by atoms with E-state index >= 15 is 0 Å². The van der Waals surface area contributed by atoms with Gasteiger partial charge in [0.05, 0.1) is 6.10 Å². The van der Waals surface area contributed by atoms with Crippen molar-refractivity contribution in [3.63, 3.8) is 0 Å². The van der Waals surface area contributed by atoms with Gasteiger partial charge >= 0.3 is 6.03 Å². The number of nitrogens with zero attached hydrogens (tertiary/aromatic N) is 2. The molecule has 2 aromatic heterocycles. The number of pyridine rings is 2. The molecule has 21 heavy (non-hydrogen) atoms. The molecule has 0 saturated heterocycles. The van der Waals surface area contributed by atoms with Crippen LogP contribution < -0.4 is 15.4 Å². The van der Waals surface area contributed by atoms with Crippen LogP contribution in [0.25, 0.3) is 0 Å². The summed E-state index contributed by atoms with van der Waals surface area (Å²) in [5.41, 5.74) is 0.891. The average molecular weight is 286 g/mol. The molecule has 0 bridgehead atoms. The zero-order valence-corrected chi connectivity index (χ0v) is 12.0. The van der Waals surface area contributed by atoms with E-state index in [1.54, 1.807) is 36.7 Å². The Morgan fingerprint density at radius 3 is 2.71 bits per heavy atom. The maximum Gasteiger partial charge on any atom is 0.320 e. The Bertz CT molecular complexity index is 570. The molecule has 0 saturated carbocycles. The summed E-state index contributed by atoms with van der Waals surface area (Å²) in [6.45, 7) is 4.27. The fourth-order valence-corrected chi connectivity index (χ4v) is 1.61. The number of hydrogen-bond donors (Lipinski definition) is 2. The highest BCUT2D eigenvalue weighted by Crippen LogP contribution is 2.09. The van der Waals surface area contributed by atoms with Crippen LogP contribution in [0.15, 0.2) is 42.7 Å². The number of nitrogens with one attached hydrogen (secondary N) is 2. The minimum atomic E-state index is -0.309. The normalized spacial score (nSPS) is 10.2. The predicted octanol–water partition coefficient (Wildman–Crippen LogP) is 2.59. The van der Waals surface area contributed by atoms with Gasteiger partial charge in [0.15, 0.2) is 0 Å². The van der Waals surface area contributed by atoms with E-state index in [-0.39, 0.29) is 12.1 Å². The van der Waals surface area contributed by atoms with Crippen LogP contribution in [0.3, 0.4) is 0 Å². The molecule has 0 unspecified atom stereocenters. The van der Waals surface area contributed by atoms with Crippen LogP contribution in [0.1, 0.15) is 19.4 Å². The standard InChI is InChI=1S/C15H18N4O2/c1-11(2)21-14-7-6-12(9-17-14)10-18-15(20)19-13-5-3-4-8-16-13/h3-9,11H,10H2,1-2H3,(H2,16,18,19,20). The van der Waals surface area contributed by atoms with Crippen LogP contribution in [0.2, 0.25) is 0 Å². The van der Waals surface area contributed by atoms with Crippen molar-refractivity contribution in [2.75, 3.05) is 5.32 Å². The summed E-state index contributed by atoms with van der Waals surface area (Å²) >= 11 is 0. The molecule has 0 fully saturated rings. The Kier molecular flexibility index (Phi) is 5.09. The summed E-state index contributed by atoms with van der Waals surface area (Å²) in [5, 5.41) is 5.38. The lowest BCUT2D eigenvalue weighted by Gasteiger charge is -2.09. The Hall–Kier alpha value is -2.63. The van der Waals surface area contributed by atoms with Gasteiger partial charge in [0.1, 0.15) is 5.82 Å². The first-order valence-corrected chi connectivity index (χ1v) is 6.71. The number of rotatable bonds is 5. The van der Waals surface area contributed by atoms with Crippen molar-refractivity contribution in [1.29, 1.82) is 0 Å². The summed E-state index contributed by atoms with van der Waals surface area (Å²) in [4.78, 5) is 19.9. The average Bonchev–Trinajstić information content (AvgIpc) is 2.47. The Balaban J connectivity index is 1.81. The van der Waals surface area contributed by atoms with Gasteiger partial charge in [0.2, 0.25) is 5.88 Å². The van der Waals surface area contributed by atoms with Gasteiger partial charge < -0.3 is 10.1 Å². The van der Waals surface area contributed by atoms with Gasteiger partial charge in [0.25, 0.3) is 0 Å². The minimum Gasteiger partial charge on any atom is -0.475 e. The lowest BCUT2D eigenvalue weighted by Crippen LogP contribution is -2.28. The molecule has 2 rings (SSSR count). The third-order valence-corrected chi connectivity index (χ3v) is 2.51. The molecule has 0 aliphatic rings. The molecular formula is C15H18N4O2. The molecule has 0 aromatic carbocycles. The summed E-state index contributed by atoms with van der Waals surface area (Å²) in [7, 11) is 0. The van der Waals surface area contributed by atoms with E-state index in [1.807, 2.05) is 19.9 Å². The lowest BCUT2D eigenvalue weighted by atomic mass is 10.3. The Morgan fingerprint density at radius 1 is 1.24 bits per heavy atom. The van der Waals surface area contributed by atoms with Gasteiger partial charge in [-0.15, -0.1) is 0 Å². The number of urea groups is 1. The molecule has 2 N–H and O–H groups in total. The lowest BCUT2D eigenvalue weighted by molar-refractivity contribution is 0.232. The minimum absolute atomic E-state index is 0.0885. The van der Waals surface area contributed by atoms with E-state index in [2.05, 4.69) is 20.6 Å². The fourth-order valence-electron chi connectivity index (χ4n) is 1.61. The number of amides is 2. The topological polar surface area (TPSA) is 76.1 Å². The molecule has 2 aromatic rings. The van der Waals surface area contributed by atoms with Gasteiger partial charge in [-0.2, -0.15) is 0 Å². The monoisotopic (exact) mass is 286 g/mol. The summed E-state index contributed by atoms with van der Waals surface area (Å²) in [5.74, 6) is 1.08. The molecule has 6 nitrogen and oxygen atoms in total. The molecule has 2 heterocycles. The van der Waals surface area contributed by atoms with Gasteiger partial charge in [-0.3, -0.25) is 5.32 Å². The fraction of sp³-hybridized carbons (Fsp3) is 0.267. The first-order chi connectivity index (χ1) is 10.1. The maximum atomic E-state index is 11.7. The van der Waals surface area contributed by atoms with Crippen molar-refractivity contribution in [2.45, 2.75) is 26.5 Å². The number of anilines is 1. The van der Waals surface area contributed by atoms with E-state index in [9.17, 15) is 4.79 Å². The van der Waals surface area contributed by atoms with Crippen LogP contribution in [-0.4, -0.2) is 22.1 Å². The Labute approximate surface area is 123 Å². The molecule has 2 amide bonds. The maximum absolute atomic E-state index is 11.7. The van der Waals surface area contributed by atoms with E-state index in [0.29, 0.717) is 18.2 Å². The zero-order valence-electron chi connectivity index (χ0n) is 12.0. The molecule has 0 radical (unpaired) electrons. The number of aromatic nitrogens is 2. The van der Waals surface area contributed by atoms with Crippen molar-refractivity contribution >= 4 is 11.8 Å². The first kappa shape index (κ1) is 14.8. The second kappa shape index (κ2) is 7.23. The van der Waals surface area contributed by atoms with E-state index < -0.39 is 0 Å². The predicted molar refractivity (Wildman–Crippen MR) is 80.1 cm³/mol. The second-order valence-corrected chi connectivity index (χ2v) is 4.69. The van der Waals surface area contributed by atoms with Gasteiger partial charge in [0, 0.05) is 25.0 Å². The molecule has 110 valence electrons. The van der Waals surface area contributed by atoms with Crippen molar-refractivity contribution in [2.24, 2.45) is 0 Å². The molecule has 0 aliphatic carbocycles. The van der Waals surface area contributed by atoms with Crippen molar-refractivity contribution in [3.8, 4) is 5.88 Å². The quantitative estimate of drug-likeness (QED) is 0.885. The molecular weight excluding hydrogens is 268 g/mol. The molecule has 0 spiro atoms. The SMILES string of the molecule is CC(C)Oc1ccc(CNC(=O)Nc2ccccn2)cn1. The van der Waals surface area contributed by atoms with Crippen molar-refractivity contribution in [1.82, 2.24) is 15.3 Å². The third-order valence-electron chi connectivity index (χ3n) is 2.51. The highest BCUT2D eigenvalue weighted by Gasteiger charge is 2.03. The second-order valence-electron chi connectivity index (χ2n) is 4.69. The van der Waals surface area contributed by atoms with Crippen LogP contribution in [-0.2, 0) is 6.54 Å². The third kappa shape index (κ3) is 5.10. The Morgan fingerprint density at radius 2 is 2.10 bits per heavy atom. The molecule has 0 aliphatic heterocycles. The van der Waals surface area contributed by atoms with Crippen LogP contribution >= 0.6 is 0 Å². The number of ether oxygens (including phenoxy) is 1. The smallest absolute Gasteiger partial charge is 0.320 e. The highest BCUT2D eigenvalue weighted by molar-refractivity contribution is 5.88. The first-order valence-electron chi connectivity index (χ1n) is 6.71. The largest absolute Gasteiger partial charge is 0.475 e.